The number of carboxylic acid groups (broad SMARTS) is 1. The number of hydrogen-bond donors (Lipinski definition) is 0. The van der Waals surface area contributed by atoms with E-state index >= 15 is 0 Å². The molecule has 33 heavy (non-hydrogen) atoms. The van der Waals surface area contributed by atoms with E-state index in [0.29, 0.717) is 27.8 Å². The van der Waals surface area contributed by atoms with Crippen LogP contribution in [-0.4, -0.2) is 21.1 Å². The zero-order valence-corrected chi connectivity index (χ0v) is 19.5. The summed E-state index contributed by atoms with van der Waals surface area (Å²) in [6.45, 7) is 0.335. The van der Waals surface area contributed by atoms with Crippen LogP contribution >= 0.6 is 35.6 Å². The third kappa shape index (κ3) is 5.27. The lowest BCUT2D eigenvalue weighted by atomic mass is 10.1. The average Bonchev–Trinajstić information content (AvgIpc) is 3.08. The number of nitrogens with zero attached hydrogens (tertiary/aromatic N) is 1. The molecule has 0 radical (unpaired) electrons. The number of halogens is 1. The van der Waals surface area contributed by atoms with Crippen LogP contribution < -0.4 is 9.84 Å². The number of thioether (sulfide) groups is 1. The fourth-order valence-electron chi connectivity index (χ4n) is 3.32. The molecule has 3 aromatic rings. The molecule has 1 aliphatic rings. The van der Waals surface area contributed by atoms with E-state index < -0.39 is 17.9 Å². The van der Waals surface area contributed by atoms with Crippen LogP contribution in [0.4, 0.5) is 0 Å². The van der Waals surface area contributed by atoms with E-state index in [1.54, 1.807) is 48.5 Å². The van der Waals surface area contributed by atoms with Crippen molar-refractivity contribution in [3.05, 3.63) is 105 Å². The Morgan fingerprint density at radius 3 is 2.39 bits per heavy atom. The minimum atomic E-state index is -1.39. The number of hydrogen-bond acceptors (Lipinski definition) is 6. The molecule has 8 heteroatoms. The molecule has 0 aromatic heterocycles. The number of aliphatic carboxylic acids is 1. The lowest BCUT2D eigenvalue weighted by molar-refractivity contribution is -0.310. The minimum absolute atomic E-state index is 0.170. The van der Waals surface area contributed by atoms with Crippen LogP contribution in [0.2, 0.25) is 5.02 Å². The predicted octanol–water partition coefficient (Wildman–Crippen LogP) is 4.61. The number of ether oxygens (including phenoxy) is 1. The lowest BCUT2D eigenvalue weighted by Gasteiger charge is -2.27. The molecule has 1 amide bonds. The van der Waals surface area contributed by atoms with Crippen LogP contribution in [0.3, 0.4) is 0 Å². The van der Waals surface area contributed by atoms with E-state index in [0.717, 1.165) is 27.8 Å². The molecule has 0 spiro atoms. The van der Waals surface area contributed by atoms with Gasteiger partial charge in [0.1, 0.15) is 22.7 Å². The Morgan fingerprint density at radius 2 is 1.73 bits per heavy atom. The third-order valence-corrected chi connectivity index (χ3v) is 6.65. The van der Waals surface area contributed by atoms with Gasteiger partial charge in [0, 0.05) is 10.6 Å². The molecule has 5 nitrogen and oxygen atoms in total. The molecule has 1 atom stereocenters. The number of thiocarbonyl (C=S) groups is 1. The minimum Gasteiger partial charge on any atom is -0.547 e. The highest BCUT2D eigenvalue weighted by Crippen LogP contribution is 2.38. The van der Waals surface area contributed by atoms with Crippen molar-refractivity contribution in [1.82, 2.24) is 4.90 Å². The molecule has 1 aliphatic heterocycles. The maximum Gasteiger partial charge on any atom is 0.267 e. The van der Waals surface area contributed by atoms with E-state index in [9.17, 15) is 14.7 Å². The van der Waals surface area contributed by atoms with E-state index in [4.69, 9.17) is 28.6 Å². The molecule has 0 N–H and O–H groups in total. The van der Waals surface area contributed by atoms with Gasteiger partial charge in [-0.2, -0.15) is 0 Å². The number of amides is 1. The molecule has 1 fully saturated rings. The number of carbonyl (C=O) groups excluding carboxylic acids is 2. The summed E-state index contributed by atoms with van der Waals surface area (Å²) >= 11 is 12.5. The highest BCUT2D eigenvalue weighted by molar-refractivity contribution is 8.26. The van der Waals surface area contributed by atoms with Gasteiger partial charge in [0.05, 0.1) is 10.9 Å². The summed E-state index contributed by atoms with van der Waals surface area (Å²) in [4.78, 5) is 26.3. The first-order valence-corrected chi connectivity index (χ1v) is 11.5. The van der Waals surface area contributed by atoms with Crippen molar-refractivity contribution in [1.29, 1.82) is 0 Å². The van der Waals surface area contributed by atoms with Gasteiger partial charge in [0.2, 0.25) is 0 Å². The Hall–Kier alpha value is -3.13. The van der Waals surface area contributed by atoms with Gasteiger partial charge in [-0.05, 0) is 35.4 Å². The van der Waals surface area contributed by atoms with Crippen LogP contribution in [0.1, 0.15) is 22.7 Å². The van der Waals surface area contributed by atoms with Gasteiger partial charge in [-0.15, -0.1) is 0 Å². The fourth-order valence-corrected chi connectivity index (χ4v) is 4.82. The molecule has 1 saturated heterocycles. The second-order valence-electron chi connectivity index (χ2n) is 7.13. The van der Waals surface area contributed by atoms with E-state index in [1.165, 1.54) is 0 Å². The lowest BCUT2D eigenvalue weighted by Crippen LogP contribution is -2.43. The first-order valence-electron chi connectivity index (χ1n) is 9.93. The quantitative estimate of drug-likeness (QED) is 0.353. The monoisotopic (exact) mass is 494 g/mol. The van der Waals surface area contributed by atoms with E-state index in [1.807, 2.05) is 36.4 Å². The van der Waals surface area contributed by atoms with Crippen molar-refractivity contribution in [2.24, 2.45) is 0 Å². The topological polar surface area (TPSA) is 69.7 Å². The first-order chi connectivity index (χ1) is 15.9. The van der Waals surface area contributed by atoms with Gasteiger partial charge in [-0.3, -0.25) is 9.69 Å². The average molecular weight is 495 g/mol. The second kappa shape index (κ2) is 10.2. The highest BCUT2D eigenvalue weighted by atomic mass is 35.5. The van der Waals surface area contributed by atoms with Crippen molar-refractivity contribution in [2.75, 3.05) is 0 Å². The maximum atomic E-state index is 13.0. The highest BCUT2D eigenvalue weighted by Gasteiger charge is 2.38. The SMILES string of the molecule is O=C([O-])C(c1ccccc1)N1C(=O)C(=Cc2ccc(OCc3ccccc3Cl)cc2)SC1=S. The Bertz CT molecular complexity index is 1230. The summed E-state index contributed by atoms with van der Waals surface area (Å²) in [5.74, 6) is -1.21. The van der Waals surface area contributed by atoms with Crippen LogP contribution in [0.25, 0.3) is 6.08 Å². The van der Waals surface area contributed by atoms with Crippen LogP contribution in [0, 0.1) is 0 Å². The zero-order chi connectivity index (χ0) is 23.4. The standard InChI is InChI=1S/C25H18ClNO4S2/c26-20-9-5-4-8-18(20)15-31-19-12-10-16(11-13-19)14-21-23(28)27(25(32)33-21)22(24(29)30)17-6-2-1-3-7-17/h1-14,22H,15H2,(H,29,30)/p-1. The molecule has 1 unspecified atom stereocenters. The fraction of sp³-hybridized carbons (Fsp3) is 0.0800. The first kappa shape index (κ1) is 23.0. The van der Waals surface area contributed by atoms with Crippen molar-refractivity contribution < 1.29 is 19.4 Å². The van der Waals surface area contributed by atoms with Gasteiger partial charge in [-0.25, -0.2) is 0 Å². The molecule has 1 heterocycles. The molecule has 0 aliphatic carbocycles. The number of rotatable bonds is 7. The summed E-state index contributed by atoms with van der Waals surface area (Å²) in [7, 11) is 0. The van der Waals surface area contributed by atoms with Crippen LogP contribution in [0.5, 0.6) is 5.75 Å². The Kier molecular flexibility index (Phi) is 7.13. The molecular weight excluding hydrogens is 478 g/mol. The van der Waals surface area contributed by atoms with Crippen molar-refractivity contribution >= 4 is 57.9 Å². The summed E-state index contributed by atoms with van der Waals surface area (Å²) in [5, 5.41) is 12.5. The van der Waals surface area contributed by atoms with Crippen molar-refractivity contribution in [3.8, 4) is 5.75 Å². The van der Waals surface area contributed by atoms with E-state index in [2.05, 4.69) is 0 Å². The number of carbonyl (C=O) groups is 2. The smallest absolute Gasteiger partial charge is 0.267 e. The Balaban J connectivity index is 1.49. The Labute approximate surface area is 205 Å². The van der Waals surface area contributed by atoms with Crippen molar-refractivity contribution in [2.45, 2.75) is 12.6 Å². The Morgan fingerprint density at radius 1 is 1.06 bits per heavy atom. The summed E-state index contributed by atoms with van der Waals surface area (Å²) in [6, 6.07) is 21.8. The van der Waals surface area contributed by atoms with Gasteiger partial charge >= 0.3 is 0 Å². The van der Waals surface area contributed by atoms with Gasteiger partial charge in [0.25, 0.3) is 5.91 Å². The van der Waals surface area contributed by atoms with Gasteiger partial charge in [-0.1, -0.05) is 96.2 Å². The molecule has 0 saturated carbocycles. The normalized spacial score (nSPS) is 15.7. The van der Waals surface area contributed by atoms with Crippen molar-refractivity contribution in [3.63, 3.8) is 0 Å². The molecular formula is C25H17ClNO4S2-. The summed E-state index contributed by atoms with van der Waals surface area (Å²) in [6.07, 6.45) is 1.68. The van der Waals surface area contributed by atoms with Gasteiger partial charge in [0.15, 0.2) is 0 Å². The summed E-state index contributed by atoms with van der Waals surface area (Å²) in [5.41, 5.74) is 2.06. The van der Waals surface area contributed by atoms with Crippen LogP contribution in [-0.2, 0) is 16.2 Å². The van der Waals surface area contributed by atoms with E-state index in [-0.39, 0.29) is 4.32 Å². The predicted molar refractivity (Wildman–Crippen MR) is 131 cm³/mol. The molecule has 166 valence electrons. The van der Waals surface area contributed by atoms with Gasteiger partial charge < -0.3 is 14.6 Å². The zero-order valence-electron chi connectivity index (χ0n) is 17.1. The number of benzene rings is 3. The molecule has 0 bridgehead atoms. The maximum absolute atomic E-state index is 13.0. The molecule has 4 rings (SSSR count). The third-order valence-electron chi connectivity index (χ3n) is 4.95. The summed E-state index contributed by atoms with van der Waals surface area (Å²) < 4.78 is 5.95. The molecule has 3 aromatic carbocycles. The largest absolute Gasteiger partial charge is 0.547 e. The van der Waals surface area contributed by atoms with Crippen LogP contribution in [0.15, 0.2) is 83.8 Å². The second-order valence-corrected chi connectivity index (χ2v) is 9.22. The number of carboxylic acids is 1.